The fourth-order valence-electron chi connectivity index (χ4n) is 2.61. The lowest BCUT2D eigenvalue weighted by molar-refractivity contribution is 0.0689. The highest BCUT2D eigenvalue weighted by atomic mass is 16.4. The van der Waals surface area contributed by atoms with E-state index in [2.05, 4.69) is 9.97 Å². The van der Waals surface area contributed by atoms with Gasteiger partial charge in [-0.05, 0) is 19.3 Å². The second-order valence-electron chi connectivity index (χ2n) is 4.04. The Morgan fingerprint density at radius 1 is 1.36 bits per heavy atom. The van der Waals surface area contributed by atoms with Gasteiger partial charge in [0.1, 0.15) is 0 Å². The smallest absolute Gasteiger partial charge is 0.356 e. The first kappa shape index (κ1) is 7.91. The fraction of sp³-hybridized carbons (Fsp3) is 0.500. The lowest BCUT2D eigenvalue weighted by Crippen LogP contribution is -2.09. The average molecular weight is 190 g/mol. The van der Waals surface area contributed by atoms with Gasteiger partial charge in [0.05, 0.1) is 17.6 Å². The summed E-state index contributed by atoms with van der Waals surface area (Å²) < 4.78 is 0. The molecule has 1 heterocycles. The normalized spacial score (nSPS) is 27.7. The monoisotopic (exact) mass is 190 g/mol. The summed E-state index contributed by atoms with van der Waals surface area (Å²) in [7, 11) is 0. The van der Waals surface area contributed by atoms with E-state index in [1.54, 1.807) is 0 Å². The number of hydrogen-bond acceptors (Lipinski definition) is 3. The first-order valence-corrected chi connectivity index (χ1v) is 4.86. The highest BCUT2D eigenvalue weighted by molar-refractivity contribution is 5.85. The molecule has 2 bridgehead atoms. The standard InChI is InChI=1S/C10H10N2O2/c13-10(14)7-4-11-8-5-1-2-6(3-5)9(8)12-7/h4-6H,1-3H2,(H,13,14)/t5-,6-/m1/s1. The van der Waals surface area contributed by atoms with Gasteiger partial charge in [-0.25, -0.2) is 9.78 Å². The fourth-order valence-corrected chi connectivity index (χ4v) is 2.61. The van der Waals surface area contributed by atoms with E-state index < -0.39 is 5.97 Å². The predicted octanol–water partition coefficient (Wildman–Crippen LogP) is 1.54. The SMILES string of the molecule is O=C(O)c1cnc2c(n1)[C@@H]1CC[C@@H]2C1. The van der Waals surface area contributed by atoms with Crippen molar-refractivity contribution in [3.05, 3.63) is 23.3 Å². The highest BCUT2D eigenvalue weighted by Gasteiger charge is 2.39. The van der Waals surface area contributed by atoms with E-state index in [4.69, 9.17) is 5.11 Å². The van der Waals surface area contributed by atoms with Gasteiger partial charge in [0, 0.05) is 11.8 Å². The van der Waals surface area contributed by atoms with Gasteiger partial charge in [-0.3, -0.25) is 4.98 Å². The first-order chi connectivity index (χ1) is 6.75. The van der Waals surface area contributed by atoms with E-state index in [1.165, 1.54) is 12.6 Å². The molecule has 1 N–H and O–H groups in total. The molecule has 2 atom stereocenters. The van der Waals surface area contributed by atoms with Gasteiger partial charge in [0.25, 0.3) is 0 Å². The summed E-state index contributed by atoms with van der Waals surface area (Å²) in [6, 6.07) is 0. The Hall–Kier alpha value is -1.45. The summed E-state index contributed by atoms with van der Waals surface area (Å²) in [4.78, 5) is 19.1. The quantitative estimate of drug-likeness (QED) is 0.729. The third kappa shape index (κ3) is 0.908. The molecule has 4 nitrogen and oxygen atoms in total. The van der Waals surface area contributed by atoms with Crippen molar-refractivity contribution < 1.29 is 9.90 Å². The van der Waals surface area contributed by atoms with Crippen LogP contribution in [0.3, 0.4) is 0 Å². The van der Waals surface area contributed by atoms with E-state index in [0.717, 1.165) is 24.2 Å². The van der Waals surface area contributed by atoms with Gasteiger partial charge in [-0.1, -0.05) is 0 Å². The number of fused-ring (bicyclic) bond motifs is 5. The Morgan fingerprint density at radius 3 is 2.79 bits per heavy atom. The van der Waals surface area contributed by atoms with Crippen molar-refractivity contribution in [2.24, 2.45) is 0 Å². The molecule has 0 saturated heterocycles. The second-order valence-corrected chi connectivity index (χ2v) is 4.04. The largest absolute Gasteiger partial charge is 0.476 e. The van der Waals surface area contributed by atoms with Gasteiger partial charge in [0.2, 0.25) is 0 Å². The Labute approximate surface area is 81.0 Å². The van der Waals surface area contributed by atoms with Crippen molar-refractivity contribution in [2.75, 3.05) is 0 Å². The molecule has 1 saturated carbocycles. The molecule has 0 amide bonds. The average Bonchev–Trinajstić information content (AvgIpc) is 2.77. The minimum Gasteiger partial charge on any atom is -0.476 e. The van der Waals surface area contributed by atoms with Gasteiger partial charge < -0.3 is 5.11 Å². The summed E-state index contributed by atoms with van der Waals surface area (Å²) in [5.41, 5.74) is 2.07. The van der Waals surface area contributed by atoms with Crippen LogP contribution in [-0.4, -0.2) is 21.0 Å². The molecule has 4 heteroatoms. The van der Waals surface area contributed by atoms with Crippen LogP contribution in [0.4, 0.5) is 0 Å². The zero-order valence-corrected chi connectivity index (χ0v) is 7.60. The number of rotatable bonds is 1. The Morgan fingerprint density at radius 2 is 2.07 bits per heavy atom. The van der Waals surface area contributed by atoms with Crippen LogP contribution in [0.1, 0.15) is 53.0 Å². The molecule has 1 aromatic rings. The molecule has 2 aliphatic rings. The summed E-state index contributed by atoms with van der Waals surface area (Å²) in [6.07, 6.45) is 4.84. The Kier molecular flexibility index (Phi) is 1.43. The molecule has 0 radical (unpaired) electrons. The van der Waals surface area contributed by atoms with Crippen molar-refractivity contribution in [1.82, 2.24) is 9.97 Å². The molecule has 0 unspecified atom stereocenters. The number of nitrogens with zero attached hydrogens (tertiary/aromatic N) is 2. The number of carboxylic acids is 1. The van der Waals surface area contributed by atoms with E-state index in [9.17, 15) is 4.79 Å². The number of aromatic carboxylic acids is 1. The zero-order chi connectivity index (χ0) is 9.71. The summed E-state index contributed by atoms with van der Waals surface area (Å²) >= 11 is 0. The minimum atomic E-state index is -0.983. The Balaban J connectivity index is 2.12. The number of carbonyl (C=O) groups is 1. The van der Waals surface area contributed by atoms with Gasteiger partial charge in [-0.2, -0.15) is 0 Å². The molecule has 2 aliphatic carbocycles. The van der Waals surface area contributed by atoms with Crippen LogP contribution in [0, 0.1) is 0 Å². The van der Waals surface area contributed by atoms with Crippen molar-refractivity contribution in [2.45, 2.75) is 31.1 Å². The number of carboxylic acid groups (broad SMARTS) is 1. The maximum absolute atomic E-state index is 10.7. The Bertz CT molecular complexity index is 417. The summed E-state index contributed by atoms with van der Waals surface area (Å²) in [5.74, 6) is 0.0372. The highest BCUT2D eigenvalue weighted by Crippen LogP contribution is 2.51. The molecule has 1 aromatic heterocycles. The predicted molar refractivity (Wildman–Crippen MR) is 48.3 cm³/mol. The number of aromatic nitrogens is 2. The summed E-state index contributed by atoms with van der Waals surface area (Å²) in [6.45, 7) is 0. The van der Waals surface area contributed by atoms with E-state index in [-0.39, 0.29) is 5.69 Å². The van der Waals surface area contributed by atoms with Crippen LogP contribution in [0.15, 0.2) is 6.20 Å². The van der Waals surface area contributed by atoms with Crippen LogP contribution in [0.2, 0.25) is 0 Å². The zero-order valence-electron chi connectivity index (χ0n) is 7.60. The third-order valence-corrected chi connectivity index (χ3v) is 3.25. The van der Waals surface area contributed by atoms with Crippen LogP contribution < -0.4 is 0 Å². The molecule has 0 aliphatic heterocycles. The third-order valence-electron chi connectivity index (χ3n) is 3.25. The maximum Gasteiger partial charge on any atom is 0.356 e. The molecule has 72 valence electrons. The molecule has 1 fully saturated rings. The van der Waals surface area contributed by atoms with Gasteiger partial charge in [-0.15, -0.1) is 0 Å². The maximum atomic E-state index is 10.7. The molecular weight excluding hydrogens is 180 g/mol. The van der Waals surface area contributed by atoms with E-state index >= 15 is 0 Å². The minimum absolute atomic E-state index is 0.0799. The van der Waals surface area contributed by atoms with Crippen LogP contribution in [0.5, 0.6) is 0 Å². The van der Waals surface area contributed by atoms with Crippen molar-refractivity contribution in [3.63, 3.8) is 0 Å². The number of hydrogen-bond donors (Lipinski definition) is 1. The molecule has 0 aromatic carbocycles. The topological polar surface area (TPSA) is 63.1 Å². The lowest BCUT2D eigenvalue weighted by Gasteiger charge is -2.12. The van der Waals surface area contributed by atoms with Crippen molar-refractivity contribution in [3.8, 4) is 0 Å². The van der Waals surface area contributed by atoms with E-state index in [0.29, 0.717) is 11.8 Å². The molecule has 0 spiro atoms. The van der Waals surface area contributed by atoms with Crippen LogP contribution in [0.25, 0.3) is 0 Å². The molecule has 14 heavy (non-hydrogen) atoms. The van der Waals surface area contributed by atoms with Crippen LogP contribution in [-0.2, 0) is 0 Å². The lowest BCUT2D eigenvalue weighted by atomic mass is 10.0. The first-order valence-electron chi connectivity index (χ1n) is 4.86. The second kappa shape index (κ2) is 2.53. The van der Waals surface area contributed by atoms with Gasteiger partial charge in [0.15, 0.2) is 5.69 Å². The van der Waals surface area contributed by atoms with Crippen LogP contribution >= 0.6 is 0 Å². The van der Waals surface area contributed by atoms with Crippen molar-refractivity contribution >= 4 is 5.97 Å². The molecular formula is C10H10N2O2. The molecule has 3 rings (SSSR count). The van der Waals surface area contributed by atoms with Gasteiger partial charge >= 0.3 is 5.97 Å². The summed E-state index contributed by atoms with van der Waals surface area (Å²) in [5, 5.41) is 8.78. The van der Waals surface area contributed by atoms with Crippen molar-refractivity contribution in [1.29, 1.82) is 0 Å². The van der Waals surface area contributed by atoms with E-state index in [1.807, 2.05) is 0 Å².